The zero-order valence-electron chi connectivity index (χ0n) is 19.1. The molecule has 1 amide bonds. The summed E-state index contributed by atoms with van der Waals surface area (Å²) in [5, 5.41) is 2.14. The third-order valence-corrected chi connectivity index (χ3v) is 6.02. The van der Waals surface area contributed by atoms with Crippen LogP contribution in [0, 0.1) is 5.41 Å². The summed E-state index contributed by atoms with van der Waals surface area (Å²) in [5.41, 5.74) is 1.65. The topological polar surface area (TPSA) is 41.6 Å². The van der Waals surface area contributed by atoms with E-state index >= 15 is 0 Å². The number of hydrazine groups is 1. The van der Waals surface area contributed by atoms with E-state index in [1.807, 2.05) is 0 Å². The Hall–Kier alpha value is -2.28. The van der Waals surface area contributed by atoms with Crippen LogP contribution in [0.4, 0.5) is 13.2 Å². The quantitative estimate of drug-likeness (QED) is 0.417. The number of benzene rings is 2. The summed E-state index contributed by atoms with van der Waals surface area (Å²) in [5.74, 6) is 0.180. The molecule has 3 rings (SSSR count). The normalized spacial score (nSPS) is 17.5. The molecule has 176 valence electrons. The van der Waals surface area contributed by atoms with Gasteiger partial charge in [0.1, 0.15) is 5.75 Å². The fraction of sp³-hybridized carbons (Fsp3) is 0.560. The van der Waals surface area contributed by atoms with Crippen LogP contribution in [0.2, 0.25) is 0 Å². The molecule has 1 unspecified atom stereocenters. The number of rotatable bonds is 10. The number of unbranched alkanes of at least 4 members (excludes halogenated alkanes) is 5. The zero-order valence-corrected chi connectivity index (χ0v) is 19.1. The molecule has 1 aliphatic rings. The highest BCUT2D eigenvalue weighted by Crippen LogP contribution is 2.44. The molecule has 2 aromatic rings. The van der Waals surface area contributed by atoms with Crippen LogP contribution in [0.5, 0.6) is 5.75 Å². The summed E-state index contributed by atoms with van der Waals surface area (Å²) >= 11 is 0. The Labute approximate surface area is 188 Å². The van der Waals surface area contributed by atoms with Gasteiger partial charge in [-0.2, -0.15) is 13.2 Å². The lowest BCUT2D eigenvalue weighted by atomic mass is 9.93. The lowest BCUT2D eigenvalue weighted by Crippen LogP contribution is -2.43. The number of hydrogen-bond donors (Lipinski definition) is 1. The number of carbonyl (C=O) groups excluding carboxylic acids is 1. The second kappa shape index (κ2) is 10.1. The Kier molecular flexibility index (Phi) is 7.70. The Balaban J connectivity index is 1.84. The minimum absolute atomic E-state index is 0.0272. The van der Waals surface area contributed by atoms with Gasteiger partial charge in [0.25, 0.3) is 0 Å². The fourth-order valence-corrected chi connectivity index (χ4v) is 4.22. The number of alkyl halides is 3. The predicted octanol–water partition coefficient (Wildman–Crippen LogP) is 6.56. The molecule has 0 saturated carbocycles. The zero-order chi connectivity index (χ0) is 23.4. The highest BCUT2D eigenvalue weighted by molar-refractivity contribution is 5.91. The lowest BCUT2D eigenvalue weighted by molar-refractivity contribution is -0.191. The van der Waals surface area contributed by atoms with Crippen molar-refractivity contribution in [2.45, 2.75) is 71.5 Å². The average Bonchev–Trinajstić information content (AvgIpc) is 2.99. The summed E-state index contributed by atoms with van der Waals surface area (Å²) in [6.45, 7) is 5.98. The molecule has 0 bridgehead atoms. The first-order valence-corrected chi connectivity index (χ1v) is 11.4. The maximum Gasteiger partial charge on any atom is 0.409 e. The average molecular weight is 451 g/mol. The smallest absolute Gasteiger partial charge is 0.409 e. The highest BCUT2D eigenvalue weighted by Gasteiger charge is 2.51. The molecular formula is C25H33F3N2O2. The van der Waals surface area contributed by atoms with Crippen molar-refractivity contribution in [2.24, 2.45) is 5.41 Å². The minimum atomic E-state index is -4.56. The Morgan fingerprint density at radius 2 is 1.69 bits per heavy atom. The van der Waals surface area contributed by atoms with Crippen LogP contribution in [0.1, 0.15) is 70.9 Å². The first kappa shape index (κ1) is 24.4. The van der Waals surface area contributed by atoms with E-state index in [9.17, 15) is 18.0 Å². The second-order valence-corrected chi connectivity index (χ2v) is 9.21. The van der Waals surface area contributed by atoms with E-state index in [0.29, 0.717) is 23.1 Å². The molecule has 4 nitrogen and oxygen atoms in total. The molecular weight excluding hydrogens is 417 g/mol. The van der Waals surface area contributed by atoms with Gasteiger partial charge in [-0.1, -0.05) is 69.4 Å². The van der Waals surface area contributed by atoms with Gasteiger partial charge in [-0.05, 0) is 37.3 Å². The van der Waals surface area contributed by atoms with E-state index in [4.69, 9.17) is 4.74 Å². The third kappa shape index (κ3) is 5.55. The summed E-state index contributed by atoms with van der Waals surface area (Å²) in [6.07, 6.45) is 2.26. The monoisotopic (exact) mass is 450 g/mol. The van der Waals surface area contributed by atoms with E-state index in [1.165, 1.54) is 31.7 Å². The van der Waals surface area contributed by atoms with Crippen molar-refractivity contribution >= 4 is 16.7 Å². The van der Waals surface area contributed by atoms with E-state index < -0.39 is 23.5 Å². The van der Waals surface area contributed by atoms with Gasteiger partial charge in [0.05, 0.1) is 12.0 Å². The van der Waals surface area contributed by atoms with Crippen LogP contribution in [0.25, 0.3) is 10.8 Å². The van der Waals surface area contributed by atoms with Crippen molar-refractivity contribution < 1.29 is 22.7 Å². The van der Waals surface area contributed by atoms with Crippen molar-refractivity contribution in [3.8, 4) is 5.75 Å². The number of nitrogens with zero attached hydrogens (tertiary/aromatic N) is 1. The molecule has 7 heteroatoms. The van der Waals surface area contributed by atoms with Gasteiger partial charge < -0.3 is 4.74 Å². The summed E-state index contributed by atoms with van der Waals surface area (Å²) < 4.78 is 48.6. The van der Waals surface area contributed by atoms with Crippen LogP contribution in [0.3, 0.4) is 0 Å². The van der Waals surface area contributed by atoms with Gasteiger partial charge in [0.2, 0.25) is 5.91 Å². The molecule has 0 aliphatic carbocycles. The standard InChI is InChI=1S/C25H33F3N2O2/c1-4-5-6-7-8-11-16-32-21-15-14-20(18-12-9-10-13-19(18)21)22(25(26,27)28)30-17-24(2,3)23(31)29-30/h9-10,12-15,22H,4-8,11,16-17H2,1-3H3,(H,29,31). The van der Waals surface area contributed by atoms with Crippen LogP contribution in [0.15, 0.2) is 36.4 Å². The van der Waals surface area contributed by atoms with Crippen LogP contribution in [-0.4, -0.2) is 30.2 Å². The van der Waals surface area contributed by atoms with E-state index in [2.05, 4.69) is 12.3 Å². The maximum atomic E-state index is 14.2. The number of fused-ring (bicyclic) bond motifs is 1. The third-order valence-electron chi connectivity index (χ3n) is 6.02. The Morgan fingerprint density at radius 1 is 1.03 bits per heavy atom. The number of ether oxygens (including phenoxy) is 1. The van der Waals surface area contributed by atoms with Crippen LogP contribution in [-0.2, 0) is 4.79 Å². The molecule has 1 heterocycles. The van der Waals surface area contributed by atoms with Gasteiger partial charge in [0, 0.05) is 11.9 Å². The van der Waals surface area contributed by atoms with E-state index in [1.54, 1.807) is 44.2 Å². The molecule has 1 atom stereocenters. The Morgan fingerprint density at radius 3 is 2.31 bits per heavy atom. The van der Waals surface area contributed by atoms with Crippen molar-refractivity contribution in [2.75, 3.05) is 13.2 Å². The molecule has 32 heavy (non-hydrogen) atoms. The van der Waals surface area contributed by atoms with Gasteiger partial charge >= 0.3 is 6.18 Å². The van der Waals surface area contributed by atoms with E-state index in [0.717, 1.165) is 17.9 Å². The van der Waals surface area contributed by atoms with Crippen LogP contribution < -0.4 is 10.2 Å². The molecule has 1 aliphatic heterocycles. The minimum Gasteiger partial charge on any atom is -0.493 e. The highest BCUT2D eigenvalue weighted by atomic mass is 19.4. The molecule has 0 radical (unpaired) electrons. The summed E-state index contributed by atoms with van der Waals surface area (Å²) in [6, 6.07) is 8.16. The van der Waals surface area contributed by atoms with Gasteiger partial charge in [-0.25, -0.2) is 5.01 Å². The number of carbonyl (C=O) groups is 1. The number of amides is 1. The van der Waals surface area contributed by atoms with Crippen molar-refractivity contribution in [3.05, 3.63) is 42.0 Å². The number of halogens is 3. The lowest BCUT2D eigenvalue weighted by Gasteiger charge is -2.31. The SMILES string of the molecule is CCCCCCCCOc1ccc(C(N2CC(C)(C)C(=O)N2)C(F)(F)F)c2ccccc12. The van der Waals surface area contributed by atoms with Crippen molar-refractivity contribution in [1.29, 1.82) is 0 Å². The largest absolute Gasteiger partial charge is 0.493 e. The number of nitrogens with one attached hydrogen (secondary N) is 1. The Bertz CT molecular complexity index is 927. The van der Waals surface area contributed by atoms with Gasteiger partial charge in [0.15, 0.2) is 6.04 Å². The van der Waals surface area contributed by atoms with Gasteiger partial charge in [-0.15, -0.1) is 0 Å². The van der Waals surface area contributed by atoms with E-state index in [-0.39, 0.29) is 12.1 Å². The number of hydrogen-bond acceptors (Lipinski definition) is 3. The molecule has 0 spiro atoms. The van der Waals surface area contributed by atoms with Crippen molar-refractivity contribution in [1.82, 2.24) is 10.4 Å². The summed E-state index contributed by atoms with van der Waals surface area (Å²) in [4.78, 5) is 12.2. The predicted molar refractivity (Wildman–Crippen MR) is 120 cm³/mol. The summed E-state index contributed by atoms with van der Waals surface area (Å²) in [7, 11) is 0. The molecule has 1 saturated heterocycles. The van der Waals surface area contributed by atoms with Crippen molar-refractivity contribution in [3.63, 3.8) is 0 Å². The first-order chi connectivity index (χ1) is 15.1. The van der Waals surface area contributed by atoms with Gasteiger partial charge in [-0.3, -0.25) is 10.2 Å². The molecule has 2 aromatic carbocycles. The molecule has 0 aromatic heterocycles. The molecule has 1 fully saturated rings. The maximum absolute atomic E-state index is 14.2. The first-order valence-electron chi connectivity index (χ1n) is 11.4. The fourth-order valence-electron chi connectivity index (χ4n) is 4.22. The second-order valence-electron chi connectivity index (χ2n) is 9.21. The van der Waals surface area contributed by atoms with Crippen LogP contribution >= 0.6 is 0 Å². The molecule has 1 N–H and O–H groups in total.